The summed E-state index contributed by atoms with van der Waals surface area (Å²) in [6, 6.07) is 14.2. The van der Waals surface area contributed by atoms with Crippen LogP contribution in [-0.4, -0.2) is 12.2 Å². The van der Waals surface area contributed by atoms with E-state index in [1.54, 1.807) is 30.5 Å². The van der Waals surface area contributed by atoms with Crippen LogP contribution in [0.3, 0.4) is 0 Å². The van der Waals surface area contributed by atoms with Gasteiger partial charge in [-0.3, -0.25) is 0 Å². The lowest BCUT2D eigenvalue weighted by Gasteiger charge is -2.03. The number of carbonyl (C=O) groups is 1. The van der Waals surface area contributed by atoms with Gasteiger partial charge in [0.25, 0.3) is 0 Å². The molecule has 2 rings (SSSR count). The Labute approximate surface area is 122 Å². The van der Waals surface area contributed by atoms with Crippen LogP contribution in [0.15, 0.2) is 53.6 Å². The Kier molecular flexibility index (Phi) is 4.74. The van der Waals surface area contributed by atoms with Gasteiger partial charge in [0.05, 0.1) is 6.21 Å². The molecule has 4 nitrogen and oxygen atoms in total. The highest BCUT2D eigenvalue weighted by atomic mass is 35.5. The molecule has 102 valence electrons. The SMILES string of the molecule is Cc1ccc(/C=N\NC(=O)Nc2ccc(Cl)cc2)cc1. The fraction of sp³-hybridized carbons (Fsp3) is 0.0667. The number of aryl methyl sites for hydroxylation is 1. The third kappa shape index (κ3) is 4.40. The van der Waals surface area contributed by atoms with Gasteiger partial charge in [0.15, 0.2) is 0 Å². The second-order valence-corrected chi connectivity index (χ2v) is 4.68. The minimum absolute atomic E-state index is 0.407. The van der Waals surface area contributed by atoms with Crippen LogP contribution in [0.1, 0.15) is 11.1 Å². The topological polar surface area (TPSA) is 53.5 Å². The number of hydrogen-bond acceptors (Lipinski definition) is 2. The van der Waals surface area contributed by atoms with Crippen LogP contribution in [0.2, 0.25) is 5.02 Å². The monoisotopic (exact) mass is 287 g/mol. The van der Waals surface area contributed by atoms with Gasteiger partial charge < -0.3 is 5.32 Å². The van der Waals surface area contributed by atoms with E-state index in [9.17, 15) is 4.79 Å². The molecule has 2 N–H and O–H groups in total. The maximum absolute atomic E-state index is 11.6. The molecular formula is C15H14ClN3O. The number of anilines is 1. The van der Waals surface area contributed by atoms with E-state index >= 15 is 0 Å². The zero-order valence-corrected chi connectivity index (χ0v) is 11.7. The Balaban J connectivity index is 1.85. The maximum Gasteiger partial charge on any atom is 0.339 e. The first-order chi connectivity index (χ1) is 9.63. The number of amides is 2. The van der Waals surface area contributed by atoms with Gasteiger partial charge in [-0.15, -0.1) is 0 Å². The maximum atomic E-state index is 11.6. The molecule has 0 heterocycles. The van der Waals surface area contributed by atoms with Crippen molar-refractivity contribution in [3.63, 3.8) is 0 Å². The van der Waals surface area contributed by atoms with Crippen LogP contribution in [-0.2, 0) is 0 Å². The standard InChI is InChI=1S/C15H14ClN3O/c1-11-2-4-12(5-3-11)10-17-19-15(20)18-14-8-6-13(16)7-9-14/h2-10H,1H3,(H2,18,19,20)/b17-10-. The number of hydrogen-bond donors (Lipinski definition) is 2. The van der Waals surface area contributed by atoms with Crippen molar-refractivity contribution < 1.29 is 4.79 Å². The Bertz CT molecular complexity index is 606. The van der Waals surface area contributed by atoms with Crippen molar-refractivity contribution in [1.29, 1.82) is 0 Å². The second kappa shape index (κ2) is 6.73. The largest absolute Gasteiger partial charge is 0.339 e. The van der Waals surface area contributed by atoms with E-state index in [1.807, 2.05) is 31.2 Å². The third-order valence-corrected chi connectivity index (χ3v) is 2.81. The summed E-state index contributed by atoms with van der Waals surface area (Å²) in [5, 5.41) is 7.13. The first kappa shape index (κ1) is 14.1. The van der Waals surface area contributed by atoms with E-state index in [2.05, 4.69) is 15.8 Å². The van der Waals surface area contributed by atoms with E-state index in [4.69, 9.17) is 11.6 Å². The Morgan fingerprint density at radius 3 is 2.40 bits per heavy atom. The summed E-state index contributed by atoms with van der Waals surface area (Å²) in [6.45, 7) is 2.01. The number of urea groups is 1. The lowest BCUT2D eigenvalue weighted by Crippen LogP contribution is -2.24. The van der Waals surface area contributed by atoms with Crippen molar-refractivity contribution in [1.82, 2.24) is 5.43 Å². The van der Waals surface area contributed by atoms with Gasteiger partial charge in [-0.05, 0) is 36.8 Å². The van der Waals surface area contributed by atoms with Crippen molar-refractivity contribution in [2.24, 2.45) is 5.10 Å². The Morgan fingerprint density at radius 1 is 1.10 bits per heavy atom. The molecule has 0 aliphatic carbocycles. The predicted octanol–water partition coefficient (Wildman–Crippen LogP) is 3.80. The van der Waals surface area contributed by atoms with E-state index in [1.165, 1.54) is 5.56 Å². The molecule has 0 saturated carbocycles. The second-order valence-electron chi connectivity index (χ2n) is 4.24. The van der Waals surface area contributed by atoms with Crippen LogP contribution in [0.5, 0.6) is 0 Å². The summed E-state index contributed by atoms with van der Waals surface area (Å²) in [6.07, 6.45) is 1.58. The van der Waals surface area contributed by atoms with E-state index in [0.29, 0.717) is 10.7 Å². The quantitative estimate of drug-likeness (QED) is 0.655. The fourth-order valence-corrected chi connectivity index (χ4v) is 1.64. The Hall–Kier alpha value is -2.33. The summed E-state index contributed by atoms with van der Waals surface area (Å²) in [4.78, 5) is 11.6. The molecule has 0 aliphatic rings. The number of carbonyl (C=O) groups excluding carboxylic acids is 1. The molecule has 0 saturated heterocycles. The highest BCUT2D eigenvalue weighted by molar-refractivity contribution is 6.30. The molecule has 0 aromatic heterocycles. The molecule has 0 fully saturated rings. The lowest BCUT2D eigenvalue weighted by atomic mass is 10.2. The van der Waals surface area contributed by atoms with Crippen LogP contribution in [0.4, 0.5) is 10.5 Å². The van der Waals surface area contributed by atoms with Crippen LogP contribution < -0.4 is 10.7 Å². The van der Waals surface area contributed by atoms with Gasteiger partial charge >= 0.3 is 6.03 Å². The zero-order chi connectivity index (χ0) is 14.4. The summed E-state index contributed by atoms with van der Waals surface area (Å²) < 4.78 is 0. The molecule has 2 amide bonds. The van der Waals surface area contributed by atoms with Gasteiger partial charge in [-0.25, -0.2) is 10.2 Å². The first-order valence-electron chi connectivity index (χ1n) is 6.06. The Morgan fingerprint density at radius 2 is 1.75 bits per heavy atom. The minimum atomic E-state index is -0.407. The first-order valence-corrected chi connectivity index (χ1v) is 6.43. The number of halogens is 1. The lowest BCUT2D eigenvalue weighted by molar-refractivity contribution is 0.252. The molecular weight excluding hydrogens is 274 g/mol. The van der Waals surface area contributed by atoms with Crippen LogP contribution in [0.25, 0.3) is 0 Å². The molecule has 2 aromatic rings. The third-order valence-electron chi connectivity index (χ3n) is 2.56. The van der Waals surface area contributed by atoms with Crippen molar-refractivity contribution >= 4 is 29.5 Å². The molecule has 0 spiro atoms. The number of rotatable bonds is 3. The smallest absolute Gasteiger partial charge is 0.307 e. The number of nitrogens with one attached hydrogen (secondary N) is 2. The summed E-state index contributed by atoms with van der Waals surface area (Å²) in [5.41, 5.74) is 5.14. The summed E-state index contributed by atoms with van der Waals surface area (Å²) in [5.74, 6) is 0. The highest BCUT2D eigenvalue weighted by Gasteiger charge is 1.99. The zero-order valence-electron chi connectivity index (χ0n) is 10.9. The average molecular weight is 288 g/mol. The van der Waals surface area contributed by atoms with Gasteiger partial charge in [-0.2, -0.15) is 5.10 Å². The molecule has 2 aromatic carbocycles. The van der Waals surface area contributed by atoms with E-state index in [-0.39, 0.29) is 0 Å². The van der Waals surface area contributed by atoms with Crippen LogP contribution >= 0.6 is 11.6 Å². The molecule has 0 bridgehead atoms. The summed E-state index contributed by atoms with van der Waals surface area (Å²) >= 11 is 5.76. The number of benzene rings is 2. The molecule has 0 aliphatic heterocycles. The highest BCUT2D eigenvalue weighted by Crippen LogP contribution is 2.12. The predicted molar refractivity (Wildman–Crippen MR) is 82.4 cm³/mol. The normalized spacial score (nSPS) is 10.5. The fourth-order valence-electron chi connectivity index (χ4n) is 1.51. The van der Waals surface area contributed by atoms with Gasteiger partial charge in [0.2, 0.25) is 0 Å². The molecule has 5 heteroatoms. The van der Waals surface area contributed by atoms with Gasteiger partial charge in [0, 0.05) is 10.7 Å². The van der Waals surface area contributed by atoms with E-state index < -0.39 is 6.03 Å². The molecule has 0 radical (unpaired) electrons. The van der Waals surface area contributed by atoms with Crippen molar-refractivity contribution in [3.8, 4) is 0 Å². The number of nitrogens with zero attached hydrogens (tertiary/aromatic N) is 1. The molecule has 0 unspecified atom stereocenters. The molecule has 20 heavy (non-hydrogen) atoms. The van der Waals surface area contributed by atoms with Gasteiger partial charge in [-0.1, -0.05) is 41.4 Å². The number of hydrazone groups is 1. The average Bonchev–Trinajstić information content (AvgIpc) is 2.44. The molecule has 0 atom stereocenters. The van der Waals surface area contributed by atoms with Crippen molar-refractivity contribution in [3.05, 3.63) is 64.7 Å². The van der Waals surface area contributed by atoms with Crippen molar-refractivity contribution in [2.75, 3.05) is 5.32 Å². The van der Waals surface area contributed by atoms with Crippen LogP contribution in [0, 0.1) is 6.92 Å². The summed E-state index contributed by atoms with van der Waals surface area (Å²) in [7, 11) is 0. The van der Waals surface area contributed by atoms with E-state index in [0.717, 1.165) is 5.56 Å². The van der Waals surface area contributed by atoms with Gasteiger partial charge in [0.1, 0.15) is 0 Å². The minimum Gasteiger partial charge on any atom is -0.307 e. The van der Waals surface area contributed by atoms with Crippen molar-refractivity contribution in [2.45, 2.75) is 6.92 Å².